The summed E-state index contributed by atoms with van der Waals surface area (Å²) in [7, 11) is 0. The van der Waals surface area contributed by atoms with Gasteiger partial charge in [0.25, 0.3) is 0 Å². The maximum Gasteiger partial charge on any atom is 0.226 e. The molecule has 1 heterocycles. The molecule has 0 aromatic heterocycles. The minimum absolute atomic E-state index is 0.0580. The van der Waals surface area contributed by atoms with Crippen LogP contribution in [0.15, 0.2) is 30.3 Å². The molecule has 0 bridgehead atoms. The van der Waals surface area contributed by atoms with Gasteiger partial charge < -0.3 is 10.0 Å². The molecule has 1 aliphatic heterocycles. The van der Waals surface area contributed by atoms with Crippen molar-refractivity contribution in [2.45, 2.75) is 45.6 Å². The first-order valence-electron chi connectivity index (χ1n) is 8.07. The third-order valence-electron chi connectivity index (χ3n) is 4.21. The molecule has 1 aromatic rings. The summed E-state index contributed by atoms with van der Waals surface area (Å²) in [6.07, 6.45) is 2.94. The molecule has 0 radical (unpaired) electrons. The van der Waals surface area contributed by atoms with Crippen LogP contribution >= 0.6 is 0 Å². The van der Waals surface area contributed by atoms with E-state index in [4.69, 9.17) is 0 Å². The Kier molecular flexibility index (Phi) is 5.80. The number of aliphatic hydroxyl groups is 1. The fourth-order valence-electron chi connectivity index (χ4n) is 3.08. The van der Waals surface area contributed by atoms with E-state index in [0.29, 0.717) is 31.8 Å². The average molecular weight is 289 g/mol. The van der Waals surface area contributed by atoms with Gasteiger partial charge >= 0.3 is 0 Å². The Hall–Kier alpha value is -1.35. The summed E-state index contributed by atoms with van der Waals surface area (Å²) in [5.41, 5.74) is 1.23. The highest BCUT2D eigenvalue weighted by molar-refractivity contribution is 5.79. The van der Waals surface area contributed by atoms with Crippen molar-refractivity contribution in [1.82, 2.24) is 4.90 Å². The molecule has 3 nitrogen and oxygen atoms in total. The zero-order valence-electron chi connectivity index (χ0n) is 13.2. The van der Waals surface area contributed by atoms with Crippen LogP contribution < -0.4 is 0 Å². The minimum Gasteiger partial charge on any atom is -0.393 e. The maximum absolute atomic E-state index is 12.8. The van der Waals surface area contributed by atoms with Crippen molar-refractivity contribution < 1.29 is 9.90 Å². The molecule has 1 aliphatic rings. The quantitative estimate of drug-likeness (QED) is 0.905. The number of aliphatic hydroxyl groups excluding tert-OH is 1. The summed E-state index contributed by atoms with van der Waals surface area (Å²) in [5, 5.41) is 9.59. The highest BCUT2D eigenvalue weighted by Gasteiger charge is 2.28. The van der Waals surface area contributed by atoms with Gasteiger partial charge in [-0.25, -0.2) is 0 Å². The molecule has 21 heavy (non-hydrogen) atoms. The summed E-state index contributed by atoms with van der Waals surface area (Å²) in [5.74, 6) is 0.833. The Balaban J connectivity index is 2.02. The number of benzene rings is 1. The molecule has 3 heteroatoms. The molecule has 2 rings (SSSR count). The number of rotatable bonds is 5. The molecular formula is C18H27NO2. The number of piperidine rings is 1. The molecule has 1 aromatic carbocycles. The summed E-state index contributed by atoms with van der Waals surface area (Å²) < 4.78 is 0. The molecule has 0 saturated carbocycles. The van der Waals surface area contributed by atoms with Crippen LogP contribution in [0.4, 0.5) is 0 Å². The van der Waals surface area contributed by atoms with E-state index < -0.39 is 0 Å². The first-order valence-corrected chi connectivity index (χ1v) is 8.07. The molecule has 1 atom stereocenters. The molecule has 1 saturated heterocycles. The number of likely N-dealkylation sites (tertiary alicyclic amines) is 1. The number of carbonyl (C=O) groups is 1. The second kappa shape index (κ2) is 7.60. The molecule has 1 amide bonds. The van der Waals surface area contributed by atoms with Gasteiger partial charge in [0.1, 0.15) is 0 Å². The Morgan fingerprint density at radius 3 is 2.43 bits per heavy atom. The molecule has 0 spiro atoms. The van der Waals surface area contributed by atoms with Crippen LogP contribution in [0.5, 0.6) is 0 Å². The fraction of sp³-hybridized carbons (Fsp3) is 0.611. The summed E-state index contributed by atoms with van der Waals surface area (Å²) in [6, 6.07) is 10.3. The predicted octanol–water partition coefficient (Wildman–Crippen LogP) is 2.87. The van der Waals surface area contributed by atoms with Crippen molar-refractivity contribution in [3.8, 4) is 0 Å². The molecule has 0 unspecified atom stereocenters. The summed E-state index contributed by atoms with van der Waals surface area (Å²) in [6.45, 7) is 5.74. The average Bonchev–Trinajstić information content (AvgIpc) is 2.47. The Bertz CT molecular complexity index is 436. The molecule has 1 N–H and O–H groups in total. The molecule has 0 aliphatic carbocycles. The van der Waals surface area contributed by atoms with E-state index in [2.05, 4.69) is 26.0 Å². The van der Waals surface area contributed by atoms with E-state index in [9.17, 15) is 9.90 Å². The first kappa shape index (κ1) is 16.0. The van der Waals surface area contributed by atoms with Crippen LogP contribution in [-0.4, -0.2) is 35.1 Å². The van der Waals surface area contributed by atoms with Crippen molar-refractivity contribution in [3.63, 3.8) is 0 Å². The van der Waals surface area contributed by atoms with Gasteiger partial charge in [-0.05, 0) is 37.2 Å². The van der Waals surface area contributed by atoms with Crippen molar-refractivity contribution in [2.24, 2.45) is 11.8 Å². The lowest BCUT2D eigenvalue weighted by molar-refractivity contribution is -0.138. The third-order valence-corrected chi connectivity index (χ3v) is 4.21. The lowest BCUT2D eigenvalue weighted by Crippen LogP contribution is -2.43. The Morgan fingerprint density at radius 2 is 1.86 bits per heavy atom. The Morgan fingerprint density at radius 1 is 1.24 bits per heavy atom. The molecule has 1 fully saturated rings. The lowest BCUT2D eigenvalue weighted by Gasteiger charge is -2.33. The third kappa shape index (κ3) is 4.85. The monoisotopic (exact) mass is 289 g/mol. The highest BCUT2D eigenvalue weighted by atomic mass is 16.3. The summed E-state index contributed by atoms with van der Waals surface area (Å²) in [4.78, 5) is 14.7. The number of nitrogens with zero attached hydrogens (tertiary/aromatic N) is 1. The zero-order chi connectivity index (χ0) is 15.2. The SMILES string of the molecule is CC(C)C[C@@H](Cc1ccccc1)C(=O)N1CCC(O)CC1. The van der Waals surface area contributed by atoms with Gasteiger partial charge in [-0.15, -0.1) is 0 Å². The van der Waals surface area contributed by atoms with Crippen LogP contribution in [0.3, 0.4) is 0 Å². The van der Waals surface area contributed by atoms with Gasteiger partial charge in [0.2, 0.25) is 5.91 Å². The van der Waals surface area contributed by atoms with Gasteiger partial charge in [-0.1, -0.05) is 44.2 Å². The molecular weight excluding hydrogens is 262 g/mol. The van der Waals surface area contributed by atoms with Crippen LogP contribution in [0.1, 0.15) is 38.7 Å². The number of hydrogen-bond donors (Lipinski definition) is 1. The smallest absolute Gasteiger partial charge is 0.226 e. The van der Waals surface area contributed by atoms with E-state index in [1.165, 1.54) is 5.56 Å². The van der Waals surface area contributed by atoms with Crippen LogP contribution in [0, 0.1) is 11.8 Å². The number of carbonyl (C=O) groups excluding carboxylic acids is 1. The van der Waals surface area contributed by atoms with E-state index in [0.717, 1.165) is 12.8 Å². The highest BCUT2D eigenvalue weighted by Crippen LogP contribution is 2.22. The largest absolute Gasteiger partial charge is 0.393 e. The van der Waals surface area contributed by atoms with E-state index in [-0.39, 0.29) is 17.9 Å². The summed E-state index contributed by atoms with van der Waals surface area (Å²) >= 11 is 0. The van der Waals surface area contributed by atoms with Crippen molar-refractivity contribution in [1.29, 1.82) is 0 Å². The second-order valence-corrected chi connectivity index (χ2v) is 6.57. The Labute approximate surface area is 128 Å². The zero-order valence-corrected chi connectivity index (χ0v) is 13.2. The number of hydrogen-bond acceptors (Lipinski definition) is 2. The van der Waals surface area contributed by atoms with E-state index in [1.807, 2.05) is 23.1 Å². The first-order chi connectivity index (χ1) is 10.1. The lowest BCUT2D eigenvalue weighted by atomic mass is 9.89. The van der Waals surface area contributed by atoms with Crippen molar-refractivity contribution in [3.05, 3.63) is 35.9 Å². The van der Waals surface area contributed by atoms with Gasteiger partial charge in [0.15, 0.2) is 0 Å². The second-order valence-electron chi connectivity index (χ2n) is 6.57. The topological polar surface area (TPSA) is 40.5 Å². The van der Waals surface area contributed by atoms with Crippen LogP contribution in [-0.2, 0) is 11.2 Å². The van der Waals surface area contributed by atoms with Crippen LogP contribution in [0.2, 0.25) is 0 Å². The number of amides is 1. The van der Waals surface area contributed by atoms with E-state index >= 15 is 0 Å². The van der Waals surface area contributed by atoms with E-state index in [1.54, 1.807) is 0 Å². The van der Waals surface area contributed by atoms with Crippen molar-refractivity contribution >= 4 is 5.91 Å². The van der Waals surface area contributed by atoms with Gasteiger partial charge in [0, 0.05) is 19.0 Å². The normalized spacial score (nSPS) is 18.0. The maximum atomic E-state index is 12.8. The predicted molar refractivity (Wildman–Crippen MR) is 84.9 cm³/mol. The van der Waals surface area contributed by atoms with Gasteiger partial charge in [-0.3, -0.25) is 4.79 Å². The standard InChI is InChI=1S/C18H27NO2/c1-14(2)12-16(13-15-6-4-3-5-7-15)18(21)19-10-8-17(20)9-11-19/h3-7,14,16-17,20H,8-13H2,1-2H3/t16-/m0/s1. The van der Waals surface area contributed by atoms with Gasteiger partial charge in [0.05, 0.1) is 6.10 Å². The van der Waals surface area contributed by atoms with Crippen LogP contribution in [0.25, 0.3) is 0 Å². The minimum atomic E-state index is -0.230. The van der Waals surface area contributed by atoms with Gasteiger partial charge in [-0.2, -0.15) is 0 Å². The fourth-order valence-corrected chi connectivity index (χ4v) is 3.08. The molecule has 116 valence electrons. The van der Waals surface area contributed by atoms with Crippen molar-refractivity contribution in [2.75, 3.05) is 13.1 Å².